The second-order valence-electron chi connectivity index (χ2n) is 7.01. The van der Waals surface area contributed by atoms with E-state index in [9.17, 15) is 4.79 Å². The molecule has 0 spiro atoms. The summed E-state index contributed by atoms with van der Waals surface area (Å²) in [6, 6.07) is 21.9. The molecule has 2 N–H and O–H groups in total. The van der Waals surface area contributed by atoms with Crippen LogP contribution in [0, 0.1) is 0 Å². The number of nitrogens with zero attached hydrogens (tertiary/aromatic N) is 3. The number of benzene rings is 2. The van der Waals surface area contributed by atoms with E-state index < -0.39 is 0 Å². The first kappa shape index (κ1) is 17.5. The molecule has 1 atom stereocenters. The van der Waals surface area contributed by atoms with Crippen molar-refractivity contribution in [1.29, 1.82) is 0 Å². The smallest absolute Gasteiger partial charge is 0.272 e. The Balaban J connectivity index is 1.74. The van der Waals surface area contributed by atoms with Gasteiger partial charge in [0.15, 0.2) is 0 Å². The lowest BCUT2D eigenvalue weighted by molar-refractivity contribution is 0.0752. The standard InChI is InChI=1S/C22H24N4O/c23-18-10-7-14-25(15-13-18)22(27)21-16-20(17-8-3-1-4-9-17)24-26(21)19-11-5-2-6-12-19/h1-6,8-9,11-12,16,18H,7,10,13-15,23H2/t18-/m0/s1. The Morgan fingerprint density at radius 1 is 0.963 bits per heavy atom. The highest BCUT2D eigenvalue weighted by molar-refractivity contribution is 5.94. The number of para-hydroxylation sites is 1. The number of carbonyl (C=O) groups excluding carboxylic acids is 1. The molecule has 1 aliphatic heterocycles. The molecule has 138 valence electrons. The quantitative estimate of drug-likeness (QED) is 0.778. The molecule has 5 nitrogen and oxygen atoms in total. The molecule has 1 saturated heterocycles. The average molecular weight is 360 g/mol. The van der Waals surface area contributed by atoms with Crippen LogP contribution in [0.15, 0.2) is 66.7 Å². The van der Waals surface area contributed by atoms with E-state index in [1.807, 2.05) is 71.6 Å². The minimum Gasteiger partial charge on any atom is -0.337 e. The molecule has 1 amide bonds. The maximum absolute atomic E-state index is 13.3. The van der Waals surface area contributed by atoms with Crippen LogP contribution in [0.25, 0.3) is 16.9 Å². The Labute approximate surface area is 159 Å². The highest BCUT2D eigenvalue weighted by Crippen LogP contribution is 2.23. The Bertz CT molecular complexity index is 905. The number of amides is 1. The van der Waals surface area contributed by atoms with Crippen LogP contribution in [0.3, 0.4) is 0 Å². The highest BCUT2D eigenvalue weighted by Gasteiger charge is 2.24. The first-order valence-corrected chi connectivity index (χ1v) is 9.48. The van der Waals surface area contributed by atoms with E-state index in [2.05, 4.69) is 0 Å². The largest absolute Gasteiger partial charge is 0.337 e. The van der Waals surface area contributed by atoms with Crippen LogP contribution in [-0.2, 0) is 0 Å². The van der Waals surface area contributed by atoms with Crippen molar-refractivity contribution in [3.63, 3.8) is 0 Å². The van der Waals surface area contributed by atoms with Crippen LogP contribution in [0.1, 0.15) is 29.8 Å². The molecular formula is C22H24N4O. The number of nitrogens with two attached hydrogens (primary N) is 1. The third kappa shape index (κ3) is 3.78. The van der Waals surface area contributed by atoms with Gasteiger partial charge in [0.05, 0.1) is 11.4 Å². The van der Waals surface area contributed by atoms with Crippen molar-refractivity contribution in [3.05, 3.63) is 72.4 Å². The summed E-state index contributed by atoms with van der Waals surface area (Å²) in [5, 5.41) is 4.75. The molecule has 1 aliphatic rings. The molecule has 4 rings (SSSR count). The Hall–Kier alpha value is -2.92. The van der Waals surface area contributed by atoms with Gasteiger partial charge in [-0.3, -0.25) is 4.79 Å². The minimum atomic E-state index is 0.0163. The van der Waals surface area contributed by atoms with Crippen molar-refractivity contribution in [3.8, 4) is 16.9 Å². The minimum absolute atomic E-state index is 0.0163. The molecule has 0 unspecified atom stereocenters. The lowest BCUT2D eigenvalue weighted by Gasteiger charge is -2.20. The van der Waals surface area contributed by atoms with E-state index in [-0.39, 0.29) is 11.9 Å². The van der Waals surface area contributed by atoms with Gasteiger partial charge in [-0.25, -0.2) is 4.68 Å². The van der Waals surface area contributed by atoms with Crippen molar-refractivity contribution >= 4 is 5.91 Å². The van der Waals surface area contributed by atoms with Gasteiger partial charge in [0.2, 0.25) is 0 Å². The van der Waals surface area contributed by atoms with Gasteiger partial charge in [0, 0.05) is 24.7 Å². The van der Waals surface area contributed by atoms with Crippen molar-refractivity contribution < 1.29 is 4.79 Å². The molecule has 2 heterocycles. The fourth-order valence-corrected chi connectivity index (χ4v) is 3.54. The second kappa shape index (κ2) is 7.76. The van der Waals surface area contributed by atoms with Crippen LogP contribution in [-0.4, -0.2) is 39.7 Å². The maximum Gasteiger partial charge on any atom is 0.272 e. The summed E-state index contributed by atoms with van der Waals surface area (Å²) in [5.74, 6) is 0.0163. The number of likely N-dealkylation sites (tertiary alicyclic amines) is 1. The Kier molecular flexibility index (Phi) is 5.03. The molecule has 0 radical (unpaired) electrons. The van der Waals surface area contributed by atoms with Gasteiger partial charge in [-0.05, 0) is 37.5 Å². The fourth-order valence-electron chi connectivity index (χ4n) is 3.54. The number of hydrogen-bond acceptors (Lipinski definition) is 3. The molecule has 1 aromatic heterocycles. The molecule has 2 aromatic carbocycles. The van der Waals surface area contributed by atoms with Gasteiger partial charge in [-0.2, -0.15) is 5.10 Å². The summed E-state index contributed by atoms with van der Waals surface area (Å²) in [6.45, 7) is 1.44. The lowest BCUT2D eigenvalue weighted by atomic mass is 10.1. The molecule has 5 heteroatoms. The van der Waals surface area contributed by atoms with Gasteiger partial charge in [-0.15, -0.1) is 0 Å². The van der Waals surface area contributed by atoms with Crippen molar-refractivity contribution in [2.75, 3.05) is 13.1 Å². The van der Waals surface area contributed by atoms with Crippen LogP contribution >= 0.6 is 0 Å². The van der Waals surface area contributed by atoms with E-state index in [4.69, 9.17) is 10.8 Å². The normalized spacial score (nSPS) is 17.5. The van der Waals surface area contributed by atoms with Crippen LogP contribution in [0.4, 0.5) is 0 Å². The summed E-state index contributed by atoms with van der Waals surface area (Å²) < 4.78 is 1.76. The van der Waals surface area contributed by atoms with Gasteiger partial charge in [0.25, 0.3) is 5.91 Å². The Morgan fingerprint density at radius 3 is 2.41 bits per heavy atom. The van der Waals surface area contributed by atoms with Gasteiger partial charge < -0.3 is 10.6 Å². The lowest BCUT2D eigenvalue weighted by Crippen LogP contribution is -2.34. The summed E-state index contributed by atoms with van der Waals surface area (Å²) in [6.07, 6.45) is 2.76. The van der Waals surface area contributed by atoms with Crippen molar-refractivity contribution in [2.45, 2.75) is 25.3 Å². The molecule has 0 aliphatic carbocycles. The third-order valence-electron chi connectivity index (χ3n) is 5.06. The molecule has 27 heavy (non-hydrogen) atoms. The zero-order valence-electron chi connectivity index (χ0n) is 15.3. The zero-order chi connectivity index (χ0) is 18.6. The Morgan fingerprint density at radius 2 is 1.67 bits per heavy atom. The van der Waals surface area contributed by atoms with E-state index in [0.717, 1.165) is 42.8 Å². The number of carbonyl (C=O) groups is 1. The number of rotatable bonds is 3. The molecule has 0 bridgehead atoms. The van der Waals surface area contributed by atoms with Gasteiger partial charge >= 0.3 is 0 Å². The maximum atomic E-state index is 13.3. The monoisotopic (exact) mass is 360 g/mol. The molecule has 3 aromatic rings. The summed E-state index contributed by atoms with van der Waals surface area (Å²) in [4.78, 5) is 15.2. The average Bonchev–Trinajstić information content (AvgIpc) is 3.05. The first-order valence-electron chi connectivity index (χ1n) is 9.48. The predicted molar refractivity (Wildman–Crippen MR) is 107 cm³/mol. The van der Waals surface area contributed by atoms with Crippen molar-refractivity contribution in [2.24, 2.45) is 5.73 Å². The van der Waals surface area contributed by atoms with Gasteiger partial charge in [0.1, 0.15) is 5.69 Å². The summed E-state index contributed by atoms with van der Waals surface area (Å²) in [5.41, 5.74) is 9.36. The van der Waals surface area contributed by atoms with Crippen LogP contribution < -0.4 is 5.73 Å². The van der Waals surface area contributed by atoms with E-state index in [1.165, 1.54) is 0 Å². The zero-order valence-corrected chi connectivity index (χ0v) is 15.3. The van der Waals surface area contributed by atoms with E-state index in [1.54, 1.807) is 4.68 Å². The van der Waals surface area contributed by atoms with Crippen LogP contribution in [0.2, 0.25) is 0 Å². The summed E-state index contributed by atoms with van der Waals surface area (Å²) in [7, 11) is 0. The van der Waals surface area contributed by atoms with Crippen molar-refractivity contribution in [1.82, 2.24) is 14.7 Å². The van der Waals surface area contributed by atoms with Gasteiger partial charge in [-0.1, -0.05) is 48.5 Å². The second-order valence-corrected chi connectivity index (χ2v) is 7.01. The topological polar surface area (TPSA) is 64.2 Å². The first-order chi connectivity index (χ1) is 13.2. The SMILES string of the molecule is N[C@H]1CCCN(C(=O)c2cc(-c3ccccc3)nn2-c2ccccc2)CC1. The van der Waals surface area contributed by atoms with Crippen LogP contribution in [0.5, 0.6) is 0 Å². The number of aromatic nitrogens is 2. The summed E-state index contributed by atoms with van der Waals surface area (Å²) >= 11 is 0. The number of hydrogen-bond donors (Lipinski definition) is 1. The molecular weight excluding hydrogens is 336 g/mol. The van der Waals surface area contributed by atoms with E-state index >= 15 is 0 Å². The molecule has 0 saturated carbocycles. The fraction of sp³-hybridized carbons (Fsp3) is 0.273. The predicted octanol–water partition coefficient (Wildman–Crippen LogP) is 3.49. The van der Waals surface area contributed by atoms with E-state index in [0.29, 0.717) is 12.2 Å². The molecule has 1 fully saturated rings. The highest BCUT2D eigenvalue weighted by atomic mass is 16.2. The third-order valence-corrected chi connectivity index (χ3v) is 5.06.